The summed E-state index contributed by atoms with van der Waals surface area (Å²) in [5.41, 5.74) is 1.90. The van der Waals surface area contributed by atoms with Crippen molar-refractivity contribution in [3.63, 3.8) is 0 Å². The summed E-state index contributed by atoms with van der Waals surface area (Å²) in [7, 11) is -2.09. The largest absolute Gasteiger partial charge is 0.468 e. The zero-order valence-corrected chi connectivity index (χ0v) is 18.7. The minimum absolute atomic E-state index is 0.0732. The number of ketones is 1. The third-order valence-electron chi connectivity index (χ3n) is 6.76. The van der Waals surface area contributed by atoms with Crippen molar-refractivity contribution in [1.82, 2.24) is 0 Å². The zero-order valence-electron chi connectivity index (χ0n) is 17.7. The van der Waals surface area contributed by atoms with Crippen LogP contribution in [-0.4, -0.2) is 32.1 Å². The van der Waals surface area contributed by atoms with Crippen molar-refractivity contribution in [2.75, 3.05) is 0 Å². The molecule has 0 radical (unpaired) electrons. The topological polar surface area (TPSA) is 44.8 Å². The fraction of sp³-hybridized carbons (Fsp3) is 0.857. The van der Waals surface area contributed by atoms with E-state index in [1.165, 1.54) is 0 Å². The van der Waals surface area contributed by atoms with E-state index in [4.69, 9.17) is 13.9 Å². The maximum Gasteiger partial charge on any atom is 0.209 e. The van der Waals surface area contributed by atoms with Crippen LogP contribution in [0.2, 0.25) is 16.6 Å². The number of rotatable bonds is 5. The first kappa shape index (κ1) is 20.1. The van der Waals surface area contributed by atoms with E-state index >= 15 is 0 Å². The predicted octanol–water partition coefficient (Wildman–Crippen LogP) is 5.34. The third-order valence-corrected chi connectivity index (χ3v) is 12.8. The Morgan fingerprint density at radius 3 is 2.15 bits per heavy atom. The molecule has 1 saturated heterocycles. The Morgan fingerprint density at radius 2 is 1.62 bits per heavy atom. The van der Waals surface area contributed by atoms with Gasteiger partial charge in [0.2, 0.25) is 14.6 Å². The van der Waals surface area contributed by atoms with Crippen molar-refractivity contribution < 1.29 is 18.7 Å². The molecule has 5 heteroatoms. The van der Waals surface area contributed by atoms with Crippen molar-refractivity contribution in [2.24, 2.45) is 5.92 Å². The molecule has 3 atom stereocenters. The van der Waals surface area contributed by atoms with Crippen LogP contribution in [0.3, 0.4) is 0 Å². The highest BCUT2D eigenvalue weighted by Crippen LogP contribution is 2.53. The lowest BCUT2D eigenvalue weighted by atomic mass is 9.82. The van der Waals surface area contributed by atoms with Gasteiger partial charge in [0.25, 0.3) is 0 Å². The number of carbonyl (C=O) groups excluding carboxylic acids is 1. The normalized spacial score (nSPS) is 31.0. The van der Waals surface area contributed by atoms with Crippen LogP contribution in [0.1, 0.15) is 74.7 Å². The molecule has 0 aromatic rings. The second-order valence-corrected chi connectivity index (χ2v) is 15.1. The smallest absolute Gasteiger partial charge is 0.209 e. The van der Waals surface area contributed by atoms with Crippen LogP contribution in [-0.2, 0) is 18.7 Å². The molecule has 0 unspecified atom stereocenters. The van der Waals surface area contributed by atoms with E-state index < -0.39 is 13.9 Å². The average Bonchev–Trinajstić information content (AvgIpc) is 2.95. The first-order valence-corrected chi connectivity index (χ1v) is 12.4. The highest BCUT2D eigenvalue weighted by molar-refractivity contribution is 6.77. The van der Waals surface area contributed by atoms with Crippen molar-refractivity contribution in [1.29, 1.82) is 0 Å². The molecule has 1 aliphatic carbocycles. The summed E-state index contributed by atoms with van der Waals surface area (Å²) < 4.78 is 19.5. The van der Waals surface area contributed by atoms with Crippen LogP contribution in [0.25, 0.3) is 0 Å². The molecule has 26 heavy (non-hydrogen) atoms. The minimum Gasteiger partial charge on any atom is -0.468 e. The number of Topliss-reactive ketones (excluding diaryl/α,β-unsaturated/α-hetero) is 1. The van der Waals surface area contributed by atoms with E-state index in [-0.39, 0.29) is 24.1 Å². The SMILES string of the molecule is CC(C)[Si](O[C@@H]1[C@H]2C3=C(CCCC3=O)O[C@H]2OC1(C)C)(C(C)C)C(C)C. The first-order chi connectivity index (χ1) is 12.0. The Labute approximate surface area is 159 Å². The standard InChI is InChI=1S/C21H36O4Si/c1-12(2)26(13(3)4,14(5)6)25-19-18-17-15(22)10-9-11-16(17)23-20(18)24-21(19,7)8/h12-14,18-20H,9-11H2,1-8H3/t18-,19-,20+/m1/s1. The Morgan fingerprint density at radius 1 is 1.04 bits per heavy atom. The minimum atomic E-state index is -2.09. The molecule has 2 heterocycles. The molecular weight excluding hydrogens is 344 g/mol. The van der Waals surface area contributed by atoms with E-state index in [1.54, 1.807) is 0 Å². The first-order valence-electron chi connectivity index (χ1n) is 10.3. The molecule has 0 amide bonds. The maximum absolute atomic E-state index is 12.7. The lowest BCUT2D eigenvalue weighted by Gasteiger charge is -2.46. The molecule has 1 fully saturated rings. The van der Waals surface area contributed by atoms with Crippen LogP contribution in [0.15, 0.2) is 11.3 Å². The van der Waals surface area contributed by atoms with Crippen LogP contribution in [0.4, 0.5) is 0 Å². The van der Waals surface area contributed by atoms with Gasteiger partial charge in [0.05, 0.1) is 17.6 Å². The van der Waals surface area contributed by atoms with Gasteiger partial charge < -0.3 is 13.9 Å². The molecule has 0 spiro atoms. The lowest BCUT2D eigenvalue weighted by molar-refractivity contribution is -0.143. The number of carbonyl (C=O) groups is 1. The van der Waals surface area contributed by atoms with Gasteiger partial charge in [0.1, 0.15) is 5.76 Å². The quantitative estimate of drug-likeness (QED) is 0.604. The van der Waals surface area contributed by atoms with Crippen molar-refractivity contribution >= 4 is 14.1 Å². The second kappa shape index (κ2) is 6.75. The van der Waals surface area contributed by atoms with Gasteiger partial charge in [-0.2, -0.15) is 0 Å². The van der Waals surface area contributed by atoms with Crippen molar-refractivity contribution in [3.8, 4) is 0 Å². The van der Waals surface area contributed by atoms with Crippen LogP contribution >= 0.6 is 0 Å². The van der Waals surface area contributed by atoms with Gasteiger partial charge in [0, 0.05) is 18.4 Å². The summed E-state index contributed by atoms with van der Waals surface area (Å²) >= 11 is 0. The highest BCUT2D eigenvalue weighted by Gasteiger charge is 2.61. The van der Waals surface area contributed by atoms with E-state index in [0.717, 1.165) is 24.2 Å². The zero-order chi connectivity index (χ0) is 19.4. The maximum atomic E-state index is 12.7. The molecular formula is C21H36O4Si. The summed E-state index contributed by atoms with van der Waals surface area (Å²) in [5, 5.41) is 0. The summed E-state index contributed by atoms with van der Waals surface area (Å²) in [6, 6.07) is 0. The van der Waals surface area contributed by atoms with E-state index in [1.807, 2.05) is 0 Å². The Balaban J connectivity index is 2.01. The number of allylic oxidation sites excluding steroid dienone is 1. The Hall–Kier alpha value is -0.653. The summed E-state index contributed by atoms with van der Waals surface area (Å²) in [6.07, 6.45) is 1.88. The molecule has 0 bridgehead atoms. The molecule has 0 aromatic carbocycles. The number of fused-ring (bicyclic) bond motifs is 2. The molecule has 3 rings (SSSR count). The van der Waals surface area contributed by atoms with Gasteiger partial charge in [-0.25, -0.2) is 0 Å². The van der Waals surface area contributed by atoms with Crippen LogP contribution in [0.5, 0.6) is 0 Å². The van der Waals surface area contributed by atoms with Gasteiger partial charge in [-0.05, 0) is 36.9 Å². The fourth-order valence-corrected chi connectivity index (χ4v) is 11.4. The molecule has 3 aliphatic rings. The van der Waals surface area contributed by atoms with Gasteiger partial charge in [-0.15, -0.1) is 0 Å². The highest BCUT2D eigenvalue weighted by atomic mass is 28.4. The molecule has 0 aromatic heterocycles. The molecule has 2 aliphatic heterocycles. The van der Waals surface area contributed by atoms with Crippen LogP contribution in [0, 0.1) is 5.92 Å². The van der Waals surface area contributed by atoms with Crippen LogP contribution < -0.4 is 0 Å². The van der Waals surface area contributed by atoms with Gasteiger partial charge in [-0.1, -0.05) is 41.5 Å². The summed E-state index contributed by atoms with van der Waals surface area (Å²) in [4.78, 5) is 12.7. The number of hydrogen-bond acceptors (Lipinski definition) is 4. The summed E-state index contributed by atoms with van der Waals surface area (Å²) in [5.74, 6) is 1.03. The van der Waals surface area contributed by atoms with Gasteiger partial charge >= 0.3 is 0 Å². The van der Waals surface area contributed by atoms with Crippen molar-refractivity contribution in [3.05, 3.63) is 11.3 Å². The molecule has 0 saturated carbocycles. The number of ether oxygens (including phenoxy) is 2. The predicted molar refractivity (Wildman–Crippen MR) is 105 cm³/mol. The number of hydrogen-bond donors (Lipinski definition) is 0. The third kappa shape index (κ3) is 2.91. The van der Waals surface area contributed by atoms with Crippen molar-refractivity contribution in [2.45, 2.75) is 109 Å². The van der Waals surface area contributed by atoms with E-state index in [2.05, 4.69) is 55.4 Å². The van der Waals surface area contributed by atoms with E-state index in [0.29, 0.717) is 23.0 Å². The van der Waals surface area contributed by atoms with E-state index in [9.17, 15) is 4.79 Å². The van der Waals surface area contributed by atoms with Gasteiger partial charge in [-0.3, -0.25) is 4.79 Å². The fourth-order valence-electron chi connectivity index (χ4n) is 5.71. The Bertz CT molecular complexity index is 583. The summed E-state index contributed by atoms with van der Waals surface area (Å²) in [6.45, 7) is 18.0. The second-order valence-electron chi connectivity index (χ2n) is 9.70. The Kier molecular flexibility index (Phi) is 5.21. The molecule has 0 N–H and O–H groups in total. The average molecular weight is 381 g/mol. The molecule has 148 valence electrons. The monoisotopic (exact) mass is 380 g/mol. The molecule has 4 nitrogen and oxygen atoms in total. The lowest BCUT2D eigenvalue weighted by Crippen LogP contribution is -2.55. The van der Waals surface area contributed by atoms with Gasteiger partial charge in [0.15, 0.2) is 5.78 Å².